The molecule has 0 spiro atoms. The van der Waals surface area contributed by atoms with Crippen molar-refractivity contribution in [2.75, 3.05) is 0 Å². The third kappa shape index (κ3) is 5.45. The fourth-order valence-corrected chi connectivity index (χ4v) is 6.37. The lowest BCUT2D eigenvalue weighted by Crippen LogP contribution is -2.01. The van der Waals surface area contributed by atoms with Crippen molar-refractivity contribution >= 4 is 21.5 Å². The molecular weight excluding hydrogens is 613 g/mol. The molecule has 0 unspecified atom stereocenters. The standard InChI is InChI=1S/C44H28N6/c1-5-15-29(16-6-1)39-45-40(30-17-7-2-8-18-30)48-43(47-39)37-25-13-23-33-34-24-14-26-38(36(34)28-27-35(33)37)44-49-41(31-19-9-3-10-20-31)46-42(50-44)32-21-11-4-12-22-32/h1-28H. The van der Waals surface area contributed by atoms with Crippen LogP contribution in [0.15, 0.2) is 170 Å². The number of aromatic nitrogens is 6. The van der Waals surface area contributed by atoms with Gasteiger partial charge in [0, 0.05) is 33.4 Å². The Labute approximate surface area is 288 Å². The van der Waals surface area contributed by atoms with Crippen LogP contribution in [0.2, 0.25) is 0 Å². The van der Waals surface area contributed by atoms with Crippen molar-refractivity contribution in [3.05, 3.63) is 170 Å². The highest BCUT2D eigenvalue weighted by Crippen LogP contribution is 2.37. The molecule has 0 saturated carbocycles. The predicted octanol–water partition coefficient (Wildman–Crippen LogP) is 10.4. The molecule has 2 aromatic heterocycles. The number of fused-ring (bicyclic) bond motifs is 3. The van der Waals surface area contributed by atoms with Crippen LogP contribution < -0.4 is 0 Å². The Balaban J connectivity index is 1.23. The molecule has 2 heterocycles. The zero-order valence-corrected chi connectivity index (χ0v) is 26.8. The zero-order valence-electron chi connectivity index (χ0n) is 26.8. The minimum Gasteiger partial charge on any atom is -0.208 e. The molecule has 50 heavy (non-hydrogen) atoms. The summed E-state index contributed by atoms with van der Waals surface area (Å²) in [7, 11) is 0. The van der Waals surface area contributed by atoms with E-state index < -0.39 is 0 Å². The zero-order chi connectivity index (χ0) is 33.3. The summed E-state index contributed by atoms with van der Waals surface area (Å²) in [4.78, 5) is 29.9. The van der Waals surface area contributed by atoms with Gasteiger partial charge in [-0.1, -0.05) is 170 Å². The van der Waals surface area contributed by atoms with E-state index in [1.807, 2.05) is 121 Å². The quantitative estimate of drug-likeness (QED) is 0.168. The van der Waals surface area contributed by atoms with E-state index >= 15 is 0 Å². The van der Waals surface area contributed by atoms with Crippen molar-refractivity contribution in [1.29, 1.82) is 0 Å². The first-order valence-corrected chi connectivity index (χ1v) is 16.5. The lowest BCUT2D eigenvalue weighted by Gasteiger charge is -2.13. The third-order valence-corrected chi connectivity index (χ3v) is 8.80. The average molecular weight is 641 g/mol. The first-order valence-electron chi connectivity index (χ1n) is 16.5. The van der Waals surface area contributed by atoms with Gasteiger partial charge in [-0.25, -0.2) is 29.9 Å². The van der Waals surface area contributed by atoms with Gasteiger partial charge in [0.15, 0.2) is 34.9 Å². The van der Waals surface area contributed by atoms with Gasteiger partial charge in [0.25, 0.3) is 0 Å². The molecule has 0 saturated heterocycles. The van der Waals surface area contributed by atoms with Crippen molar-refractivity contribution in [1.82, 2.24) is 29.9 Å². The molecule has 6 heteroatoms. The van der Waals surface area contributed by atoms with Crippen molar-refractivity contribution in [3.8, 4) is 68.3 Å². The Hall–Kier alpha value is -6.92. The molecular formula is C44H28N6. The molecule has 0 atom stereocenters. The highest BCUT2D eigenvalue weighted by atomic mass is 15.0. The Bertz CT molecular complexity index is 2330. The summed E-state index contributed by atoms with van der Waals surface area (Å²) in [5, 5.41) is 4.27. The number of benzene rings is 7. The fourth-order valence-electron chi connectivity index (χ4n) is 6.37. The minimum absolute atomic E-state index is 0.622. The monoisotopic (exact) mass is 640 g/mol. The van der Waals surface area contributed by atoms with Gasteiger partial charge >= 0.3 is 0 Å². The lowest BCUT2D eigenvalue weighted by atomic mass is 9.95. The van der Waals surface area contributed by atoms with Crippen LogP contribution in [0.1, 0.15) is 0 Å². The predicted molar refractivity (Wildman–Crippen MR) is 201 cm³/mol. The Morgan fingerprint density at radius 2 is 0.480 bits per heavy atom. The summed E-state index contributed by atoms with van der Waals surface area (Å²) in [6, 6.07) is 57.1. The average Bonchev–Trinajstić information content (AvgIpc) is 3.21. The summed E-state index contributed by atoms with van der Waals surface area (Å²) in [5.41, 5.74) is 5.61. The number of hydrogen-bond acceptors (Lipinski definition) is 6. The van der Waals surface area contributed by atoms with Crippen molar-refractivity contribution in [2.24, 2.45) is 0 Å². The highest BCUT2D eigenvalue weighted by molar-refractivity contribution is 6.14. The van der Waals surface area contributed by atoms with Crippen LogP contribution in [-0.2, 0) is 0 Å². The molecule has 9 rings (SSSR count). The van der Waals surface area contributed by atoms with Crippen LogP contribution >= 0.6 is 0 Å². The van der Waals surface area contributed by atoms with Crippen molar-refractivity contribution < 1.29 is 0 Å². The first-order chi connectivity index (χ1) is 24.8. The van der Waals surface area contributed by atoms with Crippen LogP contribution in [-0.4, -0.2) is 29.9 Å². The van der Waals surface area contributed by atoms with E-state index in [1.165, 1.54) is 0 Å². The van der Waals surface area contributed by atoms with Gasteiger partial charge < -0.3 is 0 Å². The van der Waals surface area contributed by atoms with Gasteiger partial charge in [-0.3, -0.25) is 0 Å². The SMILES string of the molecule is c1ccc(-c2nc(-c3ccccc3)nc(-c3cccc4c3ccc3c(-c5nc(-c6ccccc6)nc(-c6ccccc6)n5)cccc34)n2)cc1. The smallest absolute Gasteiger partial charge is 0.164 e. The molecule has 0 N–H and O–H groups in total. The molecule has 0 radical (unpaired) electrons. The summed E-state index contributed by atoms with van der Waals surface area (Å²) < 4.78 is 0. The van der Waals surface area contributed by atoms with Crippen LogP contribution in [0.3, 0.4) is 0 Å². The number of nitrogens with zero attached hydrogens (tertiary/aromatic N) is 6. The van der Waals surface area contributed by atoms with E-state index in [-0.39, 0.29) is 0 Å². The highest BCUT2D eigenvalue weighted by Gasteiger charge is 2.18. The molecule has 0 aliphatic rings. The van der Waals surface area contributed by atoms with Gasteiger partial charge in [0.1, 0.15) is 0 Å². The second-order valence-corrected chi connectivity index (χ2v) is 11.9. The molecule has 0 aliphatic heterocycles. The van der Waals surface area contributed by atoms with Crippen LogP contribution in [0.4, 0.5) is 0 Å². The molecule has 7 aromatic carbocycles. The van der Waals surface area contributed by atoms with E-state index in [2.05, 4.69) is 48.5 Å². The molecule has 9 aromatic rings. The second kappa shape index (κ2) is 12.6. The van der Waals surface area contributed by atoms with E-state index in [0.29, 0.717) is 34.9 Å². The summed E-state index contributed by atoms with van der Waals surface area (Å²) in [5.74, 6) is 3.77. The first kappa shape index (κ1) is 29.2. The van der Waals surface area contributed by atoms with Gasteiger partial charge in [0.05, 0.1) is 0 Å². The second-order valence-electron chi connectivity index (χ2n) is 11.9. The normalized spacial score (nSPS) is 11.2. The van der Waals surface area contributed by atoms with E-state index in [4.69, 9.17) is 29.9 Å². The molecule has 0 bridgehead atoms. The van der Waals surface area contributed by atoms with E-state index in [9.17, 15) is 0 Å². The van der Waals surface area contributed by atoms with Crippen LogP contribution in [0.25, 0.3) is 89.9 Å². The van der Waals surface area contributed by atoms with Gasteiger partial charge in [0.2, 0.25) is 0 Å². The van der Waals surface area contributed by atoms with Crippen molar-refractivity contribution in [2.45, 2.75) is 0 Å². The van der Waals surface area contributed by atoms with Gasteiger partial charge in [-0.05, 0) is 21.5 Å². The maximum absolute atomic E-state index is 5.02. The summed E-state index contributed by atoms with van der Waals surface area (Å²) in [6.45, 7) is 0. The number of rotatable bonds is 6. The van der Waals surface area contributed by atoms with Crippen LogP contribution in [0, 0.1) is 0 Å². The number of hydrogen-bond donors (Lipinski definition) is 0. The largest absolute Gasteiger partial charge is 0.208 e. The Morgan fingerprint density at radius 1 is 0.200 bits per heavy atom. The molecule has 6 nitrogen and oxygen atoms in total. The molecule has 0 amide bonds. The summed E-state index contributed by atoms with van der Waals surface area (Å²) in [6.07, 6.45) is 0. The van der Waals surface area contributed by atoms with E-state index in [0.717, 1.165) is 54.9 Å². The molecule has 0 aliphatic carbocycles. The maximum Gasteiger partial charge on any atom is 0.164 e. The van der Waals surface area contributed by atoms with Gasteiger partial charge in [-0.15, -0.1) is 0 Å². The fraction of sp³-hybridized carbons (Fsp3) is 0. The third-order valence-electron chi connectivity index (χ3n) is 8.80. The topological polar surface area (TPSA) is 77.3 Å². The molecule has 0 fully saturated rings. The summed E-state index contributed by atoms with van der Waals surface area (Å²) >= 11 is 0. The van der Waals surface area contributed by atoms with Crippen LogP contribution in [0.5, 0.6) is 0 Å². The van der Waals surface area contributed by atoms with Crippen molar-refractivity contribution in [3.63, 3.8) is 0 Å². The maximum atomic E-state index is 5.02. The minimum atomic E-state index is 0.622. The Morgan fingerprint density at radius 3 is 0.780 bits per heavy atom. The van der Waals surface area contributed by atoms with E-state index in [1.54, 1.807) is 0 Å². The van der Waals surface area contributed by atoms with Gasteiger partial charge in [-0.2, -0.15) is 0 Å². The molecule has 234 valence electrons. The Kier molecular flexibility index (Phi) is 7.37. The lowest BCUT2D eigenvalue weighted by molar-refractivity contribution is 1.08.